The molecule has 0 radical (unpaired) electrons. The first-order valence-corrected chi connectivity index (χ1v) is 6.67. The molecule has 1 aromatic rings. The van der Waals surface area contributed by atoms with Crippen LogP contribution in [-0.2, 0) is 4.79 Å². The van der Waals surface area contributed by atoms with Crippen LogP contribution in [0.1, 0.15) is 37.8 Å². The van der Waals surface area contributed by atoms with E-state index in [1.54, 1.807) is 12.1 Å². The minimum atomic E-state index is -0.693. The molecule has 0 saturated heterocycles. The van der Waals surface area contributed by atoms with Crippen LogP contribution in [0.25, 0.3) is 0 Å². The van der Waals surface area contributed by atoms with Crippen molar-refractivity contribution in [2.45, 2.75) is 37.8 Å². The number of carbonyl (C=O) groups is 2. The van der Waals surface area contributed by atoms with Gasteiger partial charge in [0.05, 0.1) is 11.6 Å². The zero-order valence-corrected chi connectivity index (χ0v) is 11.5. The Morgan fingerprint density at radius 2 is 1.85 bits per heavy atom. The summed E-state index contributed by atoms with van der Waals surface area (Å²) in [5.41, 5.74) is 11.9. The highest BCUT2D eigenvalue weighted by molar-refractivity contribution is 5.88. The molecule has 2 rings (SSSR count). The fourth-order valence-corrected chi connectivity index (χ4v) is 2.21. The standard InChI is InChI=1S/C14H20N4O2/c1-9(17-12(19)14(16)7-2-8-14)10-3-5-11(6-4-10)18-13(15)20/h3-6,9H,2,7-8,16H2,1H3,(H,17,19)(H3,15,18,20). The van der Waals surface area contributed by atoms with Gasteiger partial charge >= 0.3 is 6.03 Å². The first-order valence-electron chi connectivity index (χ1n) is 6.67. The summed E-state index contributed by atoms with van der Waals surface area (Å²) in [5, 5.41) is 5.41. The number of nitrogens with two attached hydrogens (primary N) is 2. The molecule has 0 aliphatic heterocycles. The molecule has 1 aliphatic rings. The van der Waals surface area contributed by atoms with Crippen LogP contribution >= 0.6 is 0 Å². The summed E-state index contributed by atoms with van der Waals surface area (Å²) in [4.78, 5) is 22.8. The fourth-order valence-electron chi connectivity index (χ4n) is 2.21. The summed E-state index contributed by atoms with van der Waals surface area (Å²) >= 11 is 0. The number of rotatable bonds is 4. The molecule has 3 amide bonds. The molecular formula is C14H20N4O2. The Balaban J connectivity index is 1.96. The molecule has 1 saturated carbocycles. The van der Waals surface area contributed by atoms with Crippen LogP contribution in [-0.4, -0.2) is 17.5 Å². The average Bonchev–Trinajstić information content (AvgIpc) is 2.35. The zero-order chi connectivity index (χ0) is 14.8. The van der Waals surface area contributed by atoms with Gasteiger partial charge in [-0.2, -0.15) is 0 Å². The van der Waals surface area contributed by atoms with Gasteiger partial charge in [0.15, 0.2) is 0 Å². The lowest BCUT2D eigenvalue weighted by Gasteiger charge is -2.37. The summed E-state index contributed by atoms with van der Waals surface area (Å²) in [7, 11) is 0. The van der Waals surface area contributed by atoms with Gasteiger partial charge in [0.1, 0.15) is 0 Å². The van der Waals surface area contributed by atoms with Crippen LogP contribution in [0.15, 0.2) is 24.3 Å². The molecule has 6 N–H and O–H groups in total. The maximum atomic E-state index is 12.0. The van der Waals surface area contributed by atoms with E-state index in [1.165, 1.54) is 0 Å². The minimum Gasteiger partial charge on any atom is -0.351 e. The molecule has 1 aromatic carbocycles. The van der Waals surface area contributed by atoms with E-state index < -0.39 is 11.6 Å². The lowest BCUT2D eigenvalue weighted by atomic mass is 9.77. The monoisotopic (exact) mass is 276 g/mol. The average molecular weight is 276 g/mol. The predicted octanol–water partition coefficient (Wildman–Crippen LogP) is 1.24. The number of hydrogen-bond acceptors (Lipinski definition) is 3. The van der Waals surface area contributed by atoms with Crippen molar-refractivity contribution in [1.29, 1.82) is 0 Å². The Bertz CT molecular complexity index is 508. The maximum Gasteiger partial charge on any atom is 0.316 e. The number of hydrogen-bond donors (Lipinski definition) is 4. The molecule has 20 heavy (non-hydrogen) atoms. The van der Waals surface area contributed by atoms with E-state index in [0.29, 0.717) is 5.69 Å². The zero-order valence-electron chi connectivity index (χ0n) is 11.5. The van der Waals surface area contributed by atoms with E-state index in [1.807, 2.05) is 19.1 Å². The molecule has 6 nitrogen and oxygen atoms in total. The summed E-state index contributed by atoms with van der Waals surface area (Å²) < 4.78 is 0. The van der Waals surface area contributed by atoms with Gasteiger partial charge in [-0.25, -0.2) is 4.79 Å². The van der Waals surface area contributed by atoms with Crippen LogP contribution in [0.4, 0.5) is 10.5 Å². The minimum absolute atomic E-state index is 0.101. The van der Waals surface area contributed by atoms with E-state index >= 15 is 0 Å². The van der Waals surface area contributed by atoms with Gasteiger partial charge in [-0.15, -0.1) is 0 Å². The van der Waals surface area contributed by atoms with Crippen molar-refractivity contribution in [2.75, 3.05) is 5.32 Å². The number of nitrogens with one attached hydrogen (secondary N) is 2. The second-order valence-electron chi connectivity index (χ2n) is 5.32. The Labute approximate surface area is 117 Å². The van der Waals surface area contributed by atoms with Crippen molar-refractivity contribution in [1.82, 2.24) is 5.32 Å². The molecule has 0 heterocycles. The smallest absolute Gasteiger partial charge is 0.316 e. The second kappa shape index (κ2) is 5.50. The lowest BCUT2D eigenvalue weighted by Crippen LogP contribution is -2.58. The van der Waals surface area contributed by atoms with Gasteiger partial charge < -0.3 is 22.1 Å². The summed E-state index contributed by atoms with van der Waals surface area (Å²) in [6.07, 6.45) is 2.49. The Kier molecular flexibility index (Phi) is 3.94. The quantitative estimate of drug-likeness (QED) is 0.664. The SMILES string of the molecule is CC(NC(=O)C1(N)CCC1)c1ccc(NC(N)=O)cc1. The first-order chi connectivity index (χ1) is 9.40. The van der Waals surface area contributed by atoms with E-state index in [0.717, 1.165) is 24.8 Å². The summed E-state index contributed by atoms with van der Waals surface area (Å²) in [6, 6.07) is 6.41. The van der Waals surface area contributed by atoms with Gasteiger partial charge in [-0.1, -0.05) is 12.1 Å². The number of amides is 3. The number of anilines is 1. The number of primary amides is 1. The molecule has 1 aliphatic carbocycles. The van der Waals surface area contributed by atoms with Crippen molar-refractivity contribution < 1.29 is 9.59 Å². The van der Waals surface area contributed by atoms with Gasteiger partial charge in [-0.3, -0.25) is 4.79 Å². The lowest BCUT2D eigenvalue weighted by molar-refractivity contribution is -0.129. The van der Waals surface area contributed by atoms with E-state index in [2.05, 4.69) is 10.6 Å². The normalized spacial score (nSPS) is 17.7. The van der Waals surface area contributed by atoms with E-state index in [9.17, 15) is 9.59 Å². The van der Waals surface area contributed by atoms with Crippen LogP contribution < -0.4 is 22.1 Å². The van der Waals surface area contributed by atoms with Crippen LogP contribution in [0, 0.1) is 0 Å². The van der Waals surface area contributed by atoms with Gasteiger partial charge in [0.25, 0.3) is 0 Å². The van der Waals surface area contributed by atoms with Crippen molar-refractivity contribution >= 4 is 17.6 Å². The highest BCUT2D eigenvalue weighted by Gasteiger charge is 2.40. The van der Waals surface area contributed by atoms with Crippen LogP contribution in [0.2, 0.25) is 0 Å². The highest BCUT2D eigenvalue weighted by atomic mass is 16.2. The molecular weight excluding hydrogens is 256 g/mol. The first kappa shape index (κ1) is 14.3. The second-order valence-corrected chi connectivity index (χ2v) is 5.32. The third-order valence-corrected chi connectivity index (χ3v) is 3.72. The molecule has 0 aromatic heterocycles. The van der Waals surface area contributed by atoms with Gasteiger partial charge in [0, 0.05) is 5.69 Å². The van der Waals surface area contributed by atoms with Crippen molar-refractivity contribution in [3.05, 3.63) is 29.8 Å². The Morgan fingerprint density at radius 3 is 2.30 bits per heavy atom. The third kappa shape index (κ3) is 3.08. The number of carbonyl (C=O) groups excluding carboxylic acids is 2. The van der Waals surface area contributed by atoms with Crippen molar-refractivity contribution in [3.8, 4) is 0 Å². The molecule has 1 unspecified atom stereocenters. The molecule has 1 atom stereocenters. The van der Waals surface area contributed by atoms with Gasteiger partial charge in [0.2, 0.25) is 5.91 Å². The molecule has 108 valence electrons. The van der Waals surface area contributed by atoms with Crippen LogP contribution in [0.5, 0.6) is 0 Å². The van der Waals surface area contributed by atoms with Crippen molar-refractivity contribution in [2.24, 2.45) is 11.5 Å². The summed E-state index contributed by atoms with van der Waals surface area (Å²) in [5.74, 6) is -0.101. The summed E-state index contributed by atoms with van der Waals surface area (Å²) in [6.45, 7) is 1.90. The molecule has 0 spiro atoms. The highest BCUT2D eigenvalue weighted by Crippen LogP contribution is 2.30. The Hall–Kier alpha value is -2.08. The topological polar surface area (TPSA) is 110 Å². The predicted molar refractivity (Wildman–Crippen MR) is 77.0 cm³/mol. The third-order valence-electron chi connectivity index (χ3n) is 3.72. The Morgan fingerprint density at radius 1 is 1.25 bits per heavy atom. The van der Waals surface area contributed by atoms with Gasteiger partial charge in [-0.05, 0) is 43.9 Å². The number of benzene rings is 1. The van der Waals surface area contributed by atoms with E-state index in [4.69, 9.17) is 11.5 Å². The number of urea groups is 1. The fraction of sp³-hybridized carbons (Fsp3) is 0.429. The molecule has 1 fully saturated rings. The van der Waals surface area contributed by atoms with Crippen molar-refractivity contribution in [3.63, 3.8) is 0 Å². The molecule has 6 heteroatoms. The maximum absolute atomic E-state index is 12.0. The van der Waals surface area contributed by atoms with Crippen LogP contribution in [0.3, 0.4) is 0 Å². The molecule has 0 bridgehead atoms. The van der Waals surface area contributed by atoms with E-state index in [-0.39, 0.29) is 11.9 Å². The largest absolute Gasteiger partial charge is 0.351 e.